The van der Waals surface area contributed by atoms with E-state index >= 15 is 0 Å². The Morgan fingerprint density at radius 2 is 2.17 bits per heavy atom. The van der Waals surface area contributed by atoms with Gasteiger partial charge in [0.25, 0.3) is 0 Å². The van der Waals surface area contributed by atoms with Gasteiger partial charge in [0.1, 0.15) is 0 Å². The summed E-state index contributed by atoms with van der Waals surface area (Å²) in [4.78, 5) is 14.0. The molecule has 0 aliphatic carbocycles. The summed E-state index contributed by atoms with van der Waals surface area (Å²) in [6, 6.07) is 9.78. The predicted molar refractivity (Wildman–Crippen MR) is 73.5 cm³/mol. The van der Waals surface area contributed by atoms with Crippen molar-refractivity contribution in [2.45, 2.75) is 6.42 Å². The van der Waals surface area contributed by atoms with E-state index in [4.69, 9.17) is 0 Å². The number of hydrogen-bond donors (Lipinski definition) is 2. The molecule has 0 bridgehead atoms. The average Bonchev–Trinajstić information content (AvgIpc) is 2.81. The largest absolute Gasteiger partial charge is 0.376 e. The first-order valence-corrected chi connectivity index (χ1v) is 6.48. The van der Waals surface area contributed by atoms with Crippen LogP contribution >= 0.6 is 0 Å². The first-order valence-electron chi connectivity index (χ1n) is 6.48. The second-order valence-electron chi connectivity index (χ2n) is 4.94. The normalized spacial score (nSPS) is 19.7. The van der Waals surface area contributed by atoms with Gasteiger partial charge in [-0.2, -0.15) is 0 Å². The minimum atomic E-state index is 0.0633. The van der Waals surface area contributed by atoms with Crippen molar-refractivity contribution < 1.29 is 4.79 Å². The van der Waals surface area contributed by atoms with Gasteiger partial charge in [-0.3, -0.25) is 4.79 Å². The van der Waals surface area contributed by atoms with Crippen molar-refractivity contribution >= 4 is 11.6 Å². The summed E-state index contributed by atoms with van der Waals surface area (Å²) in [6.45, 7) is 3.36. The fourth-order valence-electron chi connectivity index (χ4n) is 2.25. The summed E-state index contributed by atoms with van der Waals surface area (Å²) < 4.78 is 0. The van der Waals surface area contributed by atoms with Gasteiger partial charge in [-0.25, -0.2) is 0 Å². The molecule has 0 spiro atoms. The molecule has 1 aromatic rings. The van der Waals surface area contributed by atoms with Crippen LogP contribution in [0.1, 0.15) is 6.42 Å². The van der Waals surface area contributed by atoms with Gasteiger partial charge in [0.15, 0.2) is 0 Å². The number of benzene rings is 1. The van der Waals surface area contributed by atoms with Crippen molar-refractivity contribution in [1.29, 1.82) is 0 Å². The zero-order valence-corrected chi connectivity index (χ0v) is 10.9. The van der Waals surface area contributed by atoms with Crippen LogP contribution < -0.4 is 10.6 Å². The number of para-hydroxylation sites is 1. The number of likely N-dealkylation sites (tertiary alicyclic amines) is 1. The lowest BCUT2D eigenvalue weighted by atomic mass is 10.1. The maximum absolute atomic E-state index is 11.7. The summed E-state index contributed by atoms with van der Waals surface area (Å²) in [5.41, 5.74) is 0.980. The molecule has 0 radical (unpaired) electrons. The van der Waals surface area contributed by atoms with E-state index in [1.807, 2.05) is 30.3 Å². The lowest BCUT2D eigenvalue weighted by molar-refractivity contribution is -0.119. The summed E-state index contributed by atoms with van der Waals surface area (Å²) in [5, 5.41) is 6.09. The van der Waals surface area contributed by atoms with Crippen LogP contribution in [0.3, 0.4) is 0 Å². The van der Waals surface area contributed by atoms with E-state index < -0.39 is 0 Å². The monoisotopic (exact) mass is 247 g/mol. The van der Waals surface area contributed by atoms with Gasteiger partial charge in [0, 0.05) is 18.8 Å². The highest BCUT2D eigenvalue weighted by atomic mass is 16.1. The Labute approximate surface area is 108 Å². The van der Waals surface area contributed by atoms with Crippen molar-refractivity contribution in [2.24, 2.45) is 5.92 Å². The van der Waals surface area contributed by atoms with Gasteiger partial charge in [0.05, 0.1) is 6.54 Å². The molecule has 18 heavy (non-hydrogen) atoms. The Hall–Kier alpha value is -1.55. The van der Waals surface area contributed by atoms with Crippen LogP contribution in [0, 0.1) is 5.92 Å². The summed E-state index contributed by atoms with van der Waals surface area (Å²) in [5.74, 6) is 0.670. The third kappa shape index (κ3) is 4.04. The number of nitrogens with zero attached hydrogens (tertiary/aromatic N) is 1. The number of nitrogens with one attached hydrogen (secondary N) is 2. The molecule has 0 aromatic heterocycles. The molecule has 98 valence electrons. The highest BCUT2D eigenvalue weighted by Crippen LogP contribution is 2.12. The predicted octanol–water partition coefficient (Wildman–Crippen LogP) is 1.17. The van der Waals surface area contributed by atoms with E-state index in [2.05, 4.69) is 22.6 Å². The van der Waals surface area contributed by atoms with E-state index in [-0.39, 0.29) is 5.91 Å². The Kier molecular flexibility index (Phi) is 4.59. The Bertz CT molecular complexity index is 380. The van der Waals surface area contributed by atoms with Crippen molar-refractivity contribution in [3.63, 3.8) is 0 Å². The van der Waals surface area contributed by atoms with Crippen molar-refractivity contribution in [3.8, 4) is 0 Å². The molecule has 2 N–H and O–H groups in total. The fraction of sp³-hybridized carbons (Fsp3) is 0.500. The number of anilines is 1. The van der Waals surface area contributed by atoms with Crippen molar-refractivity contribution in [2.75, 3.05) is 38.5 Å². The van der Waals surface area contributed by atoms with Crippen molar-refractivity contribution in [3.05, 3.63) is 30.3 Å². The maximum atomic E-state index is 11.7. The third-order valence-electron chi connectivity index (χ3n) is 3.30. The van der Waals surface area contributed by atoms with Crippen LogP contribution in [0.4, 0.5) is 5.69 Å². The molecule has 0 saturated carbocycles. The molecular weight excluding hydrogens is 226 g/mol. The minimum absolute atomic E-state index is 0.0633. The van der Waals surface area contributed by atoms with Gasteiger partial charge in [-0.05, 0) is 38.1 Å². The topological polar surface area (TPSA) is 44.4 Å². The molecule has 1 atom stereocenters. The molecule has 1 aliphatic heterocycles. The molecule has 2 rings (SSSR count). The van der Waals surface area contributed by atoms with Crippen molar-refractivity contribution in [1.82, 2.24) is 10.2 Å². The average molecular weight is 247 g/mol. The van der Waals surface area contributed by atoms with Gasteiger partial charge in [-0.1, -0.05) is 18.2 Å². The van der Waals surface area contributed by atoms with E-state index in [1.54, 1.807) is 0 Å². The Morgan fingerprint density at radius 1 is 1.39 bits per heavy atom. The van der Waals surface area contributed by atoms with Crippen LogP contribution in [0.25, 0.3) is 0 Å². The van der Waals surface area contributed by atoms with E-state index in [9.17, 15) is 4.79 Å². The summed E-state index contributed by atoms with van der Waals surface area (Å²) >= 11 is 0. The van der Waals surface area contributed by atoms with E-state index in [0.717, 1.165) is 25.3 Å². The molecule has 4 nitrogen and oxygen atoms in total. The maximum Gasteiger partial charge on any atom is 0.239 e. The van der Waals surface area contributed by atoms with Crippen LogP contribution in [0.2, 0.25) is 0 Å². The molecule has 1 unspecified atom stereocenters. The molecule has 1 aliphatic rings. The van der Waals surface area contributed by atoms with Gasteiger partial charge in [0.2, 0.25) is 5.91 Å². The summed E-state index contributed by atoms with van der Waals surface area (Å²) in [6.07, 6.45) is 1.18. The summed E-state index contributed by atoms with van der Waals surface area (Å²) in [7, 11) is 2.12. The molecule has 1 fully saturated rings. The number of carbonyl (C=O) groups is 1. The highest BCUT2D eigenvalue weighted by molar-refractivity contribution is 5.80. The zero-order chi connectivity index (χ0) is 12.8. The minimum Gasteiger partial charge on any atom is -0.376 e. The van der Waals surface area contributed by atoms with Gasteiger partial charge in [-0.15, -0.1) is 0 Å². The number of hydrogen-bond acceptors (Lipinski definition) is 3. The quantitative estimate of drug-likeness (QED) is 0.821. The molecular formula is C14H21N3O. The smallest absolute Gasteiger partial charge is 0.239 e. The van der Waals surface area contributed by atoms with Crippen LogP contribution in [-0.2, 0) is 4.79 Å². The third-order valence-corrected chi connectivity index (χ3v) is 3.30. The fourth-order valence-corrected chi connectivity index (χ4v) is 2.25. The highest BCUT2D eigenvalue weighted by Gasteiger charge is 2.19. The SMILES string of the molecule is CN1CCC(CNC(=O)CNc2ccccc2)C1. The molecule has 1 aromatic carbocycles. The second kappa shape index (κ2) is 6.40. The molecule has 4 heteroatoms. The van der Waals surface area contributed by atoms with Crippen LogP contribution in [-0.4, -0.2) is 44.0 Å². The zero-order valence-electron chi connectivity index (χ0n) is 10.9. The Balaban J connectivity index is 1.63. The lowest BCUT2D eigenvalue weighted by Crippen LogP contribution is -2.34. The number of carbonyl (C=O) groups excluding carboxylic acids is 1. The second-order valence-corrected chi connectivity index (χ2v) is 4.94. The molecule has 1 saturated heterocycles. The van der Waals surface area contributed by atoms with E-state index in [1.165, 1.54) is 6.42 Å². The van der Waals surface area contributed by atoms with Crippen LogP contribution in [0.5, 0.6) is 0 Å². The number of rotatable bonds is 5. The molecule has 1 amide bonds. The van der Waals surface area contributed by atoms with Gasteiger partial charge >= 0.3 is 0 Å². The standard InChI is InChI=1S/C14H21N3O/c1-17-8-7-12(11-17)9-16-14(18)10-15-13-5-3-2-4-6-13/h2-6,12,15H,7-11H2,1H3,(H,16,18). The van der Waals surface area contributed by atoms with Crippen LogP contribution in [0.15, 0.2) is 30.3 Å². The van der Waals surface area contributed by atoms with E-state index in [0.29, 0.717) is 12.5 Å². The lowest BCUT2D eigenvalue weighted by Gasteiger charge is -2.12. The first-order chi connectivity index (χ1) is 8.74. The molecule has 1 heterocycles. The van der Waals surface area contributed by atoms with Gasteiger partial charge < -0.3 is 15.5 Å². The first kappa shape index (κ1) is 12.9. The Morgan fingerprint density at radius 3 is 2.83 bits per heavy atom. The number of amides is 1.